The highest BCUT2D eigenvalue weighted by Gasteiger charge is 2.23. The molecule has 0 saturated heterocycles. The van der Waals surface area contributed by atoms with E-state index in [0.717, 1.165) is 22.2 Å². The molecular weight excluding hydrogens is 532 g/mol. The largest absolute Gasteiger partial charge is 0.323 e. The number of aromatic amines is 1. The Morgan fingerprint density at radius 1 is 1.15 bits per heavy atom. The number of nitrogens with zero attached hydrogens (tertiary/aromatic N) is 2. The number of benzene rings is 2. The Morgan fingerprint density at radius 2 is 1.88 bits per heavy atom. The molecule has 4 rings (SSSR count). The zero-order chi connectivity index (χ0) is 24.5. The number of rotatable bonds is 7. The third-order valence-corrected chi connectivity index (χ3v) is 6.77. The van der Waals surface area contributed by atoms with Gasteiger partial charge in [-0.1, -0.05) is 35.0 Å². The topological polar surface area (TPSA) is 117 Å². The summed E-state index contributed by atoms with van der Waals surface area (Å²) in [5, 5.41) is 2.38. The predicted octanol–water partition coefficient (Wildman–Crippen LogP) is 5.07. The van der Waals surface area contributed by atoms with Gasteiger partial charge in [0, 0.05) is 10.0 Å². The van der Waals surface area contributed by atoms with Crippen molar-refractivity contribution in [1.29, 1.82) is 0 Å². The van der Waals surface area contributed by atoms with Gasteiger partial charge in [-0.2, -0.15) is 0 Å². The third-order valence-electron chi connectivity index (χ3n) is 4.77. The Balaban J connectivity index is 1.60. The first-order chi connectivity index (χ1) is 16.2. The molecule has 3 N–H and O–H groups in total. The van der Waals surface area contributed by atoms with E-state index < -0.39 is 38.8 Å². The summed E-state index contributed by atoms with van der Waals surface area (Å²) in [6.07, 6.45) is 1.62. The van der Waals surface area contributed by atoms with Crippen molar-refractivity contribution in [2.75, 3.05) is 15.8 Å². The van der Waals surface area contributed by atoms with Gasteiger partial charge in [-0.15, -0.1) is 0 Å². The Labute approximate surface area is 202 Å². The summed E-state index contributed by atoms with van der Waals surface area (Å²) in [4.78, 5) is 24.4. The molecule has 0 atom stereocenters. The van der Waals surface area contributed by atoms with Gasteiger partial charge in [0.1, 0.15) is 22.7 Å². The van der Waals surface area contributed by atoms with E-state index in [2.05, 4.69) is 36.2 Å². The molecule has 0 radical (unpaired) electrons. The number of H-pyrrole nitrogens is 1. The number of carbonyl (C=O) groups is 1. The van der Waals surface area contributed by atoms with Gasteiger partial charge in [0.25, 0.3) is 5.91 Å². The first-order valence-corrected chi connectivity index (χ1v) is 12.5. The van der Waals surface area contributed by atoms with Gasteiger partial charge in [-0.3, -0.25) is 9.52 Å². The van der Waals surface area contributed by atoms with Gasteiger partial charge < -0.3 is 10.3 Å². The first-order valence-electron chi connectivity index (χ1n) is 10.1. The van der Waals surface area contributed by atoms with Crippen molar-refractivity contribution in [1.82, 2.24) is 15.0 Å². The van der Waals surface area contributed by atoms with Crippen LogP contribution in [-0.2, 0) is 10.0 Å². The molecule has 8 nitrogen and oxygen atoms in total. The van der Waals surface area contributed by atoms with E-state index in [1.54, 1.807) is 6.92 Å². The number of nitrogens with one attached hydrogen (secondary N) is 3. The molecular formula is C22H18BrF2N5O3S. The van der Waals surface area contributed by atoms with E-state index in [-0.39, 0.29) is 11.4 Å². The molecule has 0 saturated carbocycles. The average Bonchev–Trinajstić information content (AvgIpc) is 3.19. The van der Waals surface area contributed by atoms with E-state index in [9.17, 15) is 22.0 Å². The molecule has 0 aliphatic rings. The van der Waals surface area contributed by atoms with E-state index >= 15 is 0 Å². The highest BCUT2D eigenvalue weighted by atomic mass is 79.9. The lowest BCUT2D eigenvalue weighted by Gasteiger charge is -2.12. The molecule has 2 aromatic carbocycles. The maximum absolute atomic E-state index is 14.9. The normalized spacial score (nSPS) is 11.5. The fraction of sp³-hybridized carbons (Fsp3) is 0.136. The standard InChI is InChI=1S/C22H18BrF2N5O3S/c1-2-9-34(32,33)30-16-8-7-15(24)18(19(16)25)22(31)27-14-10-17-21(26-11-14)29-20(28-17)12-3-5-13(23)6-4-12/h3-8,10-11,30H,2,9H2,1H3,(H,27,31)(H,26,28,29). The number of pyridine rings is 1. The zero-order valence-corrected chi connectivity index (χ0v) is 20.1. The van der Waals surface area contributed by atoms with Crippen LogP contribution in [0, 0.1) is 11.6 Å². The van der Waals surface area contributed by atoms with Crippen molar-refractivity contribution in [2.45, 2.75) is 13.3 Å². The van der Waals surface area contributed by atoms with Crippen LogP contribution in [0.15, 0.2) is 53.1 Å². The quantitative estimate of drug-likeness (QED) is 0.297. The molecule has 0 aliphatic carbocycles. The summed E-state index contributed by atoms with van der Waals surface area (Å²) in [5.41, 5.74) is 0.424. The smallest absolute Gasteiger partial charge is 0.261 e. The first kappa shape index (κ1) is 23.8. The minimum atomic E-state index is -3.84. The number of imidazole rings is 1. The third kappa shape index (κ3) is 5.07. The molecule has 4 aromatic rings. The van der Waals surface area contributed by atoms with Crippen LogP contribution in [0.2, 0.25) is 0 Å². The highest BCUT2D eigenvalue weighted by molar-refractivity contribution is 9.10. The SMILES string of the molecule is CCCS(=O)(=O)Nc1ccc(F)c(C(=O)Nc2cnc3[nH]c(-c4ccc(Br)cc4)nc3c2)c1F. The van der Waals surface area contributed by atoms with Crippen LogP contribution in [0.1, 0.15) is 23.7 Å². The fourth-order valence-electron chi connectivity index (χ4n) is 3.23. The van der Waals surface area contributed by atoms with Gasteiger partial charge in [-0.05, 0) is 36.8 Å². The van der Waals surface area contributed by atoms with Crippen molar-refractivity contribution < 1.29 is 22.0 Å². The van der Waals surface area contributed by atoms with Crippen molar-refractivity contribution in [3.05, 3.63) is 70.3 Å². The van der Waals surface area contributed by atoms with Gasteiger partial charge >= 0.3 is 0 Å². The van der Waals surface area contributed by atoms with Crippen LogP contribution in [0.3, 0.4) is 0 Å². The van der Waals surface area contributed by atoms with E-state index in [4.69, 9.17) is 0 Å². The minimum Gasteiger partial charge on any atom is -0.323 e. The molecule has 0 unspecified atom stereocenters. The number of aromatic nitrogens is 3. The molecule has 1 amide bonds. The highest BCUT2D eigenvalue weighted by Crippen LogP contribution is 2.25. The van der Waals surface area contributed by atoms with Crippen LogP contribution >= 0.6 is 15.9 Å². The van der Waals surface area contributed by atoms with Gasteiger partial charge in [-0.25, -0.2) is 27.2 Å². The maximum atomic E-state index is 14.9. The van der Waals surface area contributed by atoms with Gasteiger partial charge in [0.15, 0.2) is 11.5 Å². The van der Waals surface area contributed by atoms with E-state index in [1.807, 2.05) is 29.0 Å². The molecule has 0 spiro atoms. The van der Waals surface area contributed by atoms with Gasteiger partial charge in [0.05, 0.1) is 23.3 Å². The second-order valence-electron chi connectivity index (χ2n) is 7.34. The number of anilines is 2. The Hall–Kier alpha value is -3.38. The summed E-state index contributed by atoms with van der Waals surface area (Å²) < 4.78 is 56.1. The van der Waals surface area contributed by atoms with Crippen molar-refractivity contribution in [3.8, 4) is 11.4 Å². The number of halogens is 3. The number of amides is 1. The Kier molecular flexibility index (Phi) is 6.62. The summed E-state index contributed by atoms with van der Waals surface area (Å²) in [7, 11) is -3.84. The Morgan fingerprint density at radius 3 is 2.59 bits per heavy atom. The molecule has 34 heavy (non-hydrogen) atoms. The summed E-state index contributed by atoms with van der Waals surface area (Å²) in [5.74, 6) is -3.24. The lowest BCUT2D eigenvalue weighted by atomic mass is 10.1. The summed E-state index contributed by atoms with van der Waals surface area (Å²) in [6.45, 7) is 1.64. The van der Waals surface area contributed by atoms with E-state index in [1.165, 1.54) is 12.3 Å². The molecule has 2 heterocycles. The fourth-order valence-corrected chi connectivity index (χ4v) is 4.62. The lowest BCUT2D eigenvalue weighted by Crippen LogP contribution is -2.20. The molecule has 0 fully saturated rings. The number of hydrogen-bond acceptors (Lipinski definition) is 5. The van der Waals surface area contributed by atoms with Crippen LogP contribution < -0.4 is 10.0 Å². The van der Waals surface area contributed by atoms with Crippen molar-refractivity contribution in [3.63, 3.8) is 0 Å². The monoisotopic (exact) mass is 549 g/mol. The minimum absolute atomic E-state index is 0.155. The summed E-state index contributed by atoms with van der Waals surface area (Å²) in [6, 6.07) is 10.7. The van der Waals surface area contributed by atoms with Crippen LogP contribution in [0.5, 0.6) is 0 Å². The number of hydrogen-bond donors (Lipinski definition) is 3. The number of carbonyl (C=O) groups excluding carboxylic acids is 1. The number of sulfonamides is 1. The molecule has 0 aliphatic heterocycles. The average molecular weight is 550 g/mol. The Bertz CT molecular complexity index is 1490. The van der Waals surface area contributed by atoms with E-state index in [0.29, 0.717) is 23.4 Å². The summed E-state index contributed by atoms with van der Waals surface area (Å²) >= 11 is 3.37. The molecule has 12 heteroatoms. The lowest BCUT2D eigenvalue weighted by molar-refractivity contribution is 0.101. The van der Waals surface area contributed by atoms with Gasteiger partial charge in [0.2, 0.25) is 10.0 Å². The van der Waals surface area contributed by atoms with Crippen molar-refractivity contribution in [2.24, 2.45) is 0 Å². The van der Waals surface area contributed by atoms with Crippen LogP contribution in [0.25, 0.3) is 22.6 Å². The molecule has 2 aromatic heterocycles. The predicted molar refractivity (Wildman–Crippen MR) is 129 cm³/mol. The van der Waals surface area contributed by atoms with Crippen LogP contribution in [0.4, 0.5) is 20.2 Å². The zero-order valence-electron chi connectivity index (χ0n) is 17.7. The van der Waals surface area contributed by atoms with Crippen LogP contribution in [-0.4, -0.2) is 35.0 Å². The second kappa shape index (κ2) is 9.47. The van der Waals surface area contributed by atoms with Crippen molar-refractivity contribution >= 4 is 54.4 Å². The maximum Gasteiger partial charge on any atom is 0.261 e. The number of fused-ring (bicyclic) bond motifs is 1. The second-order valence-corrected chi connectivity index (χ2v) is 10.1. The molecule has 0 bridgehead atoms. The molecule has 176 valence electrons.